The quantitative estimate of drug-likeness (QED) is 0.183. The fourth-order valence-corrected chi connectivity index (χ4v) is 1.39. The molecule has 0 aromatic rings. The first-order chi connectivity index (χ1) is 6.81. The summed E-state index contributed by atoms with van der Waals surface area (Å²) in [5.74, 6) is 0. The van der Waals surface area contributed by atoms with Gasteiger partial charge in [0.05, 0.1) is 0 Å². The first-order valence-electron chi connectivity index (χ1n) is 6.08. The Balaban J connectivity index is 3.23. The third kappa shape index (κ3) is 9.56. The van der Waals surface area contributed by atoms with E-state index in [1.54, 1.807) is 0 Å². The molecule has 0 aliphatic rings. The Morgan fingerprint density at radius 2 is 1.57 bits per heavy atom. The fraction of sp³-hybridized carbons (Fsp3) is 0.917. The van der Waals surface area contributed by atoms with Crippen molar-refractivity contribution in [3.63, 3.8) is 0 Å². The highest BCUT2D eigenvalue weighted by molar-refractivity contribution is 5.50. The molecule has 0 fully saturated rings. The number of hydrogen-bond donors (Lipinski definition) is 0. The molecular formula is C12H25NO. The summed E-state index contributed by atoms with van der Waals surface area (Å²) < 4.78 is 1.10. The minimum Gasteiger partial charge on any atom is -0.624 e. The number of rotatable bonds is 9. The molecule has 0 saturated heterocycles. The molecule has 84 valence electrons. The molecule has 0 heterocycles. The molecule has 14 heavy (non-hydrogen) atoms. The van der Waals surface area contributed by atoms with E-state index in [1.165, 1.54) is 32.1 Å². The van der Waals surface area contributed by atoms with Gasteiger partial charge in [0.25, 0.3) is 0 Å². The van der Waals surface area contributed by atoms with Crippen LogP contribution in [0.2, 0.25) is 0 Å². The summed E-state index contributed by atoms with van der Waals surface area (Å²) in [6, 6.07) is 0. The molecule has 0 spiro atoms. The molecule has 0 aromatic carbocycles. The first kappa shape index (κ1) is 13.5. The summed E-state index contributed by atoms with van der Waals surface area (Å²) >= 11 is 0. The number of unbranched alkanes of at least 4 members (excludes halogenated alkanes) is 6. The number of hydroxylamine groups is 1. The van der Waals surface area contributed by atoms with Gasteiger partial charge in [0.15, 0.2) is 12.8 Å². The van der Waals surface area contributed by atoms with Crippen LogP contribution in [0, 0.1) is 5.21 Å². The van der Waals surface area contributed by atoms with Gasteiger partial charge in [0.1, 0.15) is 0 Å². The maximum absolute atomic E-state index is 11.2. The Morgan fingerprint density at radius 3 is 2.21 bits per heavy atom. The van der Waals surface area contributed by atoms with Crippen molar-refractivity contribution in [3.05, 3.63) is 5.21 Å². The Labute approximate surface area is 88.6 Å². The lowest BCUT2D eigenvalue weighted by Gasteiger charge is -2.02. The van der Waals surface area contributed by atoms with E-state index in [4.69, 9.17) is 0 Å². The molecule has 0 aliphatic carbocycles. The van der Waals surface area contributed by atoms with Gasteiger partial charge in [-0.05, 0) is 6.42 Å². The molecule has 0 bridgehead atoms. The van der Waals surface area contributed by atoms with Crippen molar-refractivity contribution < 1.29 is 4.74 Å². The predicted octanol–water partition coefficient (Wildman–Crippen LogP) is 3.73. The molecule has 0 aliphatic heterocycles. The van der Waals surface area contributed by atoms with E-state index in [1.807, 2.05) is 6.21 Å². The van der Waals surface area contributed by atoms with Crippen molar-refractivity contribution in [3.8, 4) is 0 Å². The predicted molar refractivity (Wildman–Crippen MR) is 62.8 cm³/mol. The maximum atomic E-state index is 11.2. The minimum absolute atomic E-state index is 0.672. The normalized spacial score (nSPS) is 12.0. The number of hydrogen-bond acceptors (Lipinski definition) is 1. The Hall–Kier alpha value is -0.530. The topological polar surface area (TPSA) is 26.1 Å². The van der Waals surface area contributed by atoms with Crippen LogP contribution in [0.15, 0.2) is 0 Å². The van der Waals surface area contributed by atoms with Gasteiger partial charge in [-0.2, -0.15) is 0 Å². The second-order valence-electron chi connectivity index (χ2n) is 3.88. The van der Waals surface area contributed by atoms with Crippen LogP contribution in [0.4, 0.5) is 0 Å². The van der Waals surface area contributed by atoms with E-state index >= 15 is 0 Å². The zero-order valence-corrected chi connectivity index (χ0v) is 9.80. The van der Waals surface area contributed by atoms with Gasteiger partial charge in [-0.1, -0.05) is 46.0 Å². The minimum atomic E-state index is 0.672. The average Bonchev–Trinajstić information content (AvgIpc) is 2.20. The van der Waals surface area contributed by atoms with E-state index < -0.39 is 0 Å². The zero-order valence-electron chi connectivity index (χ0n) is 9.80. The van der Waals surface area contributed by atoms with E-state index in [0.29, 0.717) is 6.54 Å². The van der Waals surface area contributed by atoms with Gasteiger partial charge in [-0.3, -0.25) is 0 Å². The molecule has 0 aromatic heterocycles. The van der Waals surface area contributed by atoms with Crippen LogP contribution < -0.4 is 0 Å². The summed E-state index contributed by atoms with van der Waals surface area (Å²) in [7, 11) is 0. The van der Waals surface area contributed by atoms with Crippen LogP contribution in [0.3, 0.4) is 0 Å². The van der Waals surface area contributed by atoms with Crippen molar-refractivity contribution in [1.82, 2.24) is 0 Å². The lowest BCUT2D eigenvalue weighted by atomic mass is 10.1. The smallest absolute Gasteiger partial charge is 0.153 e. The SMILES string of the molecule is CCCCCCC/C=[N+](\[O-])CCCC. The molecule has 2 nitrogen and oxygen atoms in total. The largest absolute Gasteiger partial charge is 0.624 e. The summed E-state index contributed by atoms with van der Waals surface area (Å²) in [6.45, 7) is 5.00. The van der Waals surface area contributed by atoms with Crippen LogP contribution >= 0.6 is 0 Å². The fourth-order valence-electron chi connectivity index (χ4n) is 1.39. The van der Waals surface area contributed by atoms with Crippen molar-refractivity contribution in [2.75, 3.05) is 6.54 Å². The maximum Gasteiger partial charge on any atom is 0.153 e. The number of nitrogens with zero attached hydrogens (tertiary/aromatic N) is 1. The van der Waals surface area contributed by atoms with E-state index in [2.05, 4.69) is 13.8 Å². The Morgan fingerprint density at radius 1 is 0.929 bits per heavy atom. The lowest BCUT2D eigenvalue weighted by molar-refractivity contribution is -0.454. The Kier molecular flexibility index (Phi) is 10.2. The van der Waals surface area contributed by atoms with Crippen LogP contribution in [-0.2, 0) is 0 Å². The molecule has 0 unspecified atom stereocenters. The van der Waals surface area contributed by atoms with E-state index in [-0.39, 0.29) is 0 Å². The second-order valence-corrected chi connectivity index (χ2v) is 3.88. The van der Waals surface area contributed by atoms with Crippen LogP contribution in [0.1, 0.15) is 65.2 Å². The zero-order chi connectivity index (χ0) is 10.6. The Bertz CT molecular complexity index is 143. The monoisotopic (exact) mass is 199 g/mol. The van der Waals surface area contributed by atoms with Gasteiger partial charge in [0, 0.05) is 12.8 Å². The van der Waals surface area contributed by atoms with Crippen LogP contribution in [-0.4, -0.2) is 17.5 Å². The third-order valence-corrected chi connectivity index (χ3v) is 2.37. The summed E-state index contributed by atoms with van der Waals surface area (Å²) in [5.41, 5.74) is 0. The van der Waals surface area contributed by atoms with Gasteiger partial charge >= 0.3 is 0 Å². The van der Waals surface area contributed by atoms with Gasteiger partial charge in [0.2, 0.25) is 0 Å². The summed E-state index contributed by atoms with van der Waals surface area (Å²) in [6.07, 6.45) is 11.2. The first-order valence-corrected chi connectivity index (χ1v) is 6.08. The van der Waals surface area contributed by atoms with Crippen LogP contribution in [0.25, 0.3) is 0 Å². The van der Waals surface area contributed by atoms with Gasteiger partial charge in [-0.15, -0.1) is 0 Å². The van der Waals surface area contributed by atoms with Gasteiger partial charge in [-0.25, -0.2) is 4.74 Å². The van der Waals surface area contributed by atoms with Crippen molar-refractivity contribution in [2.45, 2.75) is 65.2 Å². The summed E-state index contributed by atoms with van der Waals surface area (Å²) in [4.78, 5) is 0. The van der Waals surface area contributed by atoms with E-state index in [0.717, 1.165) is 24.0 Å². The highest BCUT2D eigenvalue weighted by Crippen LogP contribution is 2.03. The molecule has 0 N–H and O–H groups in total. The average molecular weight is 199 g/mol. The second kappa shape index (κ2) is 10.6. The molecule has 0 radical (unpaired) electrons. The molecule has 0 saturated carbocycles. The van der Waals surface area contributed by atoms with Crippen LogP contribution in [0.5, 0.6) is 0 Å². The van der Waals surface area contributed by atoms with Crippen molar-refractivity contribution >= 4 is 6.21 Å². The third-order valence-electron chi connectivity index (χ3n) is 2.37. The molecular weight excluding hydrogens is 174 g/mol. The molecule has 2 heteroatoms. The highest BCUT2D eigenvalue weighted by atomic mass is 16.5. The molecule has 0 amide bonds. The lowest BCUT2D eigenvalue weighted by Crippen LogP contribution is -2.06. The van der Waals surface area contributed by atoms with Crippen molar-refractivity contribution in [1.29, 1.82) is 0 Å². The van der Waals surface area contributed by atoms with Gasteiger partial charge < -0.3 is 5.21 Å². The summed E-state index contributed by atoms with van der Waals surface area (Å²) in [5, 5.41) is 11.2. The van der Waals surface area contributed by atoms with E-state index in [9.17, 15) is 5.21 Å². The standard InChI is InChI=1S/C12H25NO/c1-3-5-7-8-9-10-12-13(14)11-6-4-2/h12H,3-11H2,1-2H3/b13-12-. The molecule has 0 rings (SSSR count). The molecule has 0 atom stereocenters. The van der Waals surface area contributed by atoms with Crippen molar-refractivity contribution in [2.24, 2.45) is 0 Å². The highest BCUT2D eigenvalue weighted by Gasteiger charge is 1.93.